The fourth-order valence-electron chi connectivity index (χ4n) is 2.07. The first-order valence-electron chi connectivity index (χ1n) is 5.53. The summed E-state index contributed by atoms with van der Waals surface area (Å²) >= 11 is 0. The van der Waals surface area contributed by atoms with E-state index < -0.39 is 10.0 Å². The molecule has 0 radical (unpaired) electrons. The van der Waals surface area contributed by atoms with Crippen LogP contribution in [-0.2, 0) is 10.0 Å². The van der Waals surface area contributed by atoms with Gasteiger partial charge >= 0.3 is 0 Å². The number of piperidine rings is 1. The lowest BCUT2D eigenvalue weighted by Crippen LogP contribution is -2.36. The largest absolute Gasteiger partial charge is 0.393 e. The zero-order valence-corrected chi connectivity index (χ0v) is 10.2. The second-order valence-electron chi connectivity index (χ2n) is 4.23. The van der Waals surface area contributed by atoms with Crippen LogP contribution in [-0.4, -0.2) is 32.7 Å². The average Bonchev–Trinajstić information content (AvgIpc) is 2.29. The highest BCUT2D eigenvalue weighted by Crippen LogP contribution is 2.26. The van der Waals surface area contributed by atoms with Gasteiger partial charge in [0.15, 0.2) is 0 Å². The lowest BCUT2D eigenvalue weighted by atomic mass is 10.1. The number of aliphatic hydroxyl groups excluding tert-OH is 1. The Morgan fingerprint density at radius 1 is 1.24 bits per heavy atom. The van der Waals surface area contributed by atoms with E-state index in [1.54, 1.807) is 18.2 Å². The van der Waals surface area contributed by atoms with Gasteiger partial charge in [-0.15, -0.1) is 0 Å². The van der Waals surface area contributed by atoms with E-state index in [-0.39, 0.29) is 11.0 Å². The lowest BCUT2D eigenvalue weighted by Gasteiger charge is -2.32. The molecular formula is C11H16N2O3S. The van der Waals surface area contributed by atoms with E-state index in [0.717, 1.165) is 0 Å². The normalized spacial score (nSPS) is 18.4. The molecule has 0 atom stereocenters. The van der Waals surface area contributed by atoms with Gasteiger partial charge in [0.05, 0.1) is 11.8 Å². The van der Waals surface area contributed by atoms with Crippen molar-refractivity contribution in [3.63, 3.8) is 0 Å². The second kappa shape index (κ2) is 4.64. The summed E-state index contributed by atoms with van der Waals surface area (Å²) in [5.74, 6) is 0. The summed E-state index contributed by atoms with van der Waals surface area (Å²) in [7, 11) is -3.70. The minimum Gasteiger partial charge on any atom is -0.393 e. The number of aliphatic hydroxyl groups is 1. The predicted molar refractivity (Wildman–Crippen MR) is 65.3 cm³/mol. The zero-order valence-electron chi connectivity index (χ0n) is 9.41. The molecule has 0 spiro atoms. The minimum absolute atomic E-state index is 0.149. The number of primary sulfonamides is 1. The van der Waals surface area contributed by atoms with Gasteiger partial charge in [-0.3, -0.25) is 0 Å². The maximum absolute atomic E-state index is 11.5. The lowest BCUT2D eigenvalue weighted by molar-refractivity contribution is 0.145. The first-order chi connectivity index (χ1) is 7.98. The van der Waals surface area contributed by atoms with E-state index in [4.69, 9.17) is 5.14 Å². The zero-order chi connectivity index (χ0) is 12.5. The maximum atomic E-state index is 11.5. The van der Waals surface area contributed by atoms with Crippen LogP contribution in [0.3, 0.4) is 0 Å². The standard InChI is InChI=1S/C11H16N2O3S/c12-17(15,16)11-4-2-1-3-10(11)13-7-5-9(14)6-8-13/h1-4,9,14H,5-8H2,(H2,12,15,16). The van der Waals surface area contributed by atoms with Gasteiger partial charge < -0.3 is 10.0 Å². The molecule has 17 heavy (non-hydrogen) atoms. The molecule has 1 aliphatic heterocycles. The third kappa shape index (κ3) is 2.77. The molecule has 5 nitrogen and oxygen atoms in total. The number of benzene rings is 1. The van der Waals surface area contributed by atoms with Crippen LogP contribution in [0.4, 0.5) is 5.69 Å². The molecule has 1 heterocycles. The third-order valence-electron chi connectivity index (χ3n) is 2.98. The van der Waals surface area contributed by atoms with Gasteiger partial charge in [0, 0.05) is 13.1 Å². The van der Waals surface area contributed by atoms with Crippen molar-refractivity contribution in [1.29, 1.82) is 0 Å². The molecule has 0 aromatic heterocycles. The minimum atomic E-state index is -3.70. The van der Waals surface area contributed by atoms with E-state index in [1.165, 1.54) is 6.07 Å². The van der Waals surface area contributed by atoms with Crippen molar-refractivity contribution >= 4 is 15.7 Å². The van der Waals surface area contributed by atoms with Crippen LogP contribution >= 0.6 is 0 Å². The molecule has 1 fully saturated rings. The van der Waals surface area contributed by atoms with Gasteiger partial charge in [0.1, 0.15) is 4.90 Å². The number of nitrogens with zero attached hydrogens (tertiary/aromatic N) is 1. The number of anilines is 1. The van der Waals surface area contributed by atoms with Crippen LogP contribution in [0, 0.1) is 0 Å². The van der Waals surface area contributed by atoms with Crippen molar-refractivity contribution in [1.82, 2.24) is 0 Å². The van der Waals surface area contributed by atoms with Crippen molar-refractivity contribution in [3.05, 3.63) is 24.3 Å². The molecule has 3 N–H and O–H groups in total. The van der Waals surface area contributed by atoms with Gasteiger partial charge in [0.2, 0.25) is 10.0 Å². The Bertz CT molecular complexity index is 493. The van der Waals surface area contributed by atoms with Crippen LogP contribution < -0.4 is 10.0 Å². The number of nitrogens with two attached hydrogens (primary N) is 1. The summed E-state index contributed by atoms with van der Waals surface area (Å²) in [5.41, 5.74) is 0.627. The molecular weight excluding hydrogens is 240 g/mol. The molecule has 0 saturated carbocycles. The monoisotopic (exact) mass is 256 g/mol. The highest BCUT2D eigenvalue weighted by molar-refractivity contribution is 7.89. The van der Waals surface area contributed by atoms with Gasteiger partial charge in [-0.1, -0.05) is 12.1 Å². The second-order valence-corrected chi connectivity index (χ2v) is 5.76. The van der Waals surface area contributed by atoms with Gasteiger partial charge in [0.25, 0.3) is 0 Å². The number of para-hydroxylation sites is 1. The predicted octanol–water partition coefficient (Wildman–Crippen LogP) is 0.295. The van der Waals surface area contributed by atoms with Crippen LogP contribution in [0.15, 0.2) is 29.2 Å². The number of sulfonamides is 1. The highest BCUT2D eigenvalue weighted by atomic mass is 32.2. The van der Waals surface area contributed by atoms with Crippen LogP contribution in [0.25, 0.3) is 0 Å². The first kappa shape index (κ1) is 12.3. The summed E-state index contributed by atoms with van der Waals surface area (Å²) in [6.45, 7) is 1.29. The van der Waals surface area contributed by atoms with Crippen LogP contribution in [0.5, 0.6) is 0 Å². The molecule has 0 amide bonds. The molecule has 2 rings (SSSR count). The Hall–Kier alpha value is -1.11. The Balaban J connectivity index is 2.33. The van der Waals surface area contributed by atoms with Crippen molar-refractivity contribution in [2.45, 2.75) is 23.8 Å². The molecule has 0 aliphatic carbocycles. The van der Waals surface area contributed by atoms with Crippen LogP contribution in [0.2, 0.25) is 0 Å². The van der Waals surface area contributed by atoms with Crippen molar-refractivity contribution in [3.8, 4) is 0 Å². The number of hydrogen-bond acceptors (Lipinski definition) is 4. The summed E-state index contributed by atoms with van der Waals surface area (Å²) in [6.07, 6.45) is 1.02. The Kier molecular flexibility index (Phi) is 3.37. The van der Waals surface area contributed by atoms with E-state index in [0.29, 0.717) is 31.6 Å². The van der Waals surface area contributed by atoms with E-state index in [9.17, 15) is 13.5 Å². The van der Waals surface area contributed by atoms with Gasteiger partial charge in [-0.25, -0.2) is 13.6 Å². The molecule has 0 bridgehead atoms. The van der Waals surface area contributed by atoms with Crippen molar-refractivity contribution < 1.29 is 13.5 Å². The summed E-state index contributed by atoms with van der Waals surface area (Å²) < 4.78 is 22.9. The van der Waals surface area contributed by atoms with E-state index >= 15 is 0 Å². The third-order valence-corrected chi connectivity index (χ3v) is 3.94. The quantitative estimate of drug-likeness (QED) is 0.797. The number of hydrogen-bond donors (Lipinski definition) is 2. The van der Waals surface area contributed by atoms with Crippen LogP contribution in [0.1, 0.15) is 12.8 Å². The van der Waals surface area contributed by atoms with E-state index in [1.807, 2.05) is 4.90 Å². The topological polar surface area (TPSA) is 83.6 Å². The Morgan fingerprint density at radius 2 is 1.82 bits per heavy atom. The molecule has 1 aromatic rings. The highest BCUT2D eigenvalue weighted by Gasteiger charge is 2.22. The molecule has 1 aliphatic rings. The summed E-state index contributed by atoms with van der Waals surface area (Å²) in [4.78, 5) is 2.10. The fraction of sp³-hybridized carbons (Fsp3) is 0.455. The Morgan fingerprint density at radius 3 is 2.41 bits per heavy atom. The summed E-state index contributed by atoms with van der Waals surface area (Å²) in [6, 6.07) is 6.70. The van der Waals surface area contributed by atoms with Crippen molar-refractivity contribution in [2.24, 2.45) is 5.14 Å². The maximum Gasteiger partial charge on any atom is 0.240 e. The Labute approximate surface area is 101 Å². The average molecular weight is 256 g/mol. The SMILES string of the molecule is NS(=O)(=O)c1ccccc1N1CCC(O)CC1. The van der Waals surface area contributed by atoms with E-state index in [2.05, 4.69) is 0 Å². The van der Waals surface area contributed by atoms with Gasteiger partial charge in [-0.2, -0.15) is 0 Å². The first-order valence-corrected chi connectivity index (χ1v) is 7.08. The molecule has 6 heteroatoms. The van der Waals surface area contributed by atoms with Gasteiger partial charge in [-0.05, 0) is 25.0 Å². The smallest absolute Gasteiger partial charge is 0.240 e. The molecule has 1 saturated heterocycles. The fourth-order valence-corrected chi connectivity index (χ4v) is 2.82. The molecule has 1 aromatic carbocycles. The molecule has 0 unspecified atom stereocenters. The summed E-state index contributed by atoms with van der Waals surface area (Å²) in [5, 5.41) is 14.6. The number of rotatable bonds is 2. The molecule has 94 valence electrons. The van der Waals surface area contributed by atoms with Crippen molar-refractivity contribution in [2.75, 3.05) is 18.0 Å².